The van der Waals surface area contributed by atoms with Crippen LogP contribution in [0.25, 0.3) is 0 Å². The van der Waals surface area contributed by atoms with Crippen LogP contribution in [0.1, 0.15) is 6.92 Å². The van der Waals surface area contributed by atoms with Gasteiger partial charge in [-0.15, -0.1) is 0 Å². The van der Waals surface area contributed by atoms with Gasteiger partial charge in [-0.25, -0.2) is 0 Å². The van der Waals surface area contributed by atoms with Gasteiger partial charge >= 0.3 is 5.97 Å². The molecule has 0 aliphatic heterocycles. The summed E-state index contributed by atoms with van der Waals surface area (Å²) in [5, 5.41) is 0. The van der Waals surface area contributed by atoms with Crippen molar-refractivity contribution in [2.75, 3.05) is 0 Å². The van der Waals surface area contributed by atoms with Crippen LogP contribution in [0.2, 0.25) is 0 Å². The number of carbonyl (C=O) groups is 1. The maximum absolute atomic E-state index is 9.75. The number of rotatable bonds is 1. The predicted molar refractivity (Wildman–Crippen MR) is 22.0 cm³/mol. The van der Waals surface area contributed by atoms with Crippen molar-refractivity contribution in [2.24, 2.45) is 0 Å². The van der Waals surface area contributed by atoms with Crippen molar-refractivity contribution in [3.8, 4) is 0 Å². The van der Waals surface area contributed by atoms with Crippen molar-refractivity contribution < 1.29 is 30.0 Å². The molecule has 3 heteroatoms. The Balaban J connectivity index is 0. The number of carbonyl (C=O) groups excluding carboxylic acids is 1. The zero-order valence-electron chi connectivity index (χ0n) is 3.92. The summed E-state index contributed by atoms with van der Waals surface area (Å²) in [4.78, 5) is 9.75. The fourth-order valence-electron chi connectivity index (χ4n) is 0.117. The average molecular weight is 193 g/mol. The van der Waals surface area contributed by atoms with Crippen molar-refractivity contribution in [1.82, 2.24) is 0 Å². The van der Waals surface area contributed by atoms with E-state index in [0.717, 1.165) is 6.26 Å². The van der Waals surface area contributed by atoms with Crippen LogP contribution < -0.4 is 0 Å². The van der Waals surface area contributed by atoms with Crippen molar-refractivity contribution >= 4 is 5.97 Å². The van der Waals surface area contributed by atoms with Gasteiger partial charge in [0.25, 0.3) is 0 Å². The van der Waals surface area contributed by atoms with Gasteiger partial charge in [0, 0.05) is 27.3 Å². The molecule has 0 spiro atoms. The first kappa shape index (κ1) is 9.98. The van der Waals surface area contributed by atoms with E-state index in [0.29, 0.717) is 0 Å². The molecule has 44 valence electrons. The Kier molecular flexibility index (Phi) is 8.37. The second-order valence-corrected chi connectivity index (χ2v) is 0.776. The van der Waals surface area contributed by atoms with E-state index in [1.165, 1.54) is 6.92 Å². The summed E-state index contributed by atoms with van der Waals surface area (Å²) in [6.45, 7) is 4.48. The summed E-state index contributed by atoms with van der Waals surface area (Å²) in [5.41, 5.74) is 0. The summed E-state index contributed by atoms with van der Waals surface area (Å²) in [6.07, 6.45) is 1.10. The Morgan fingerprint density at radius 2 is 2.29 bits per heavy atom. The van der Waals surface area contributed by atoms with Crippen LogP contribution in [0, 0.1) is 0 Å². The van der Waals surface area contributed by atoms with Crippen LogP contribution in [0.5, 0.6) is 0 Å². The number of hydrogen-bond acceptors (Lipinski definition) is 2. The minimum absolute atomic E-state index is 0. The van der Waals surface area contributed by atoms with E-state index in [4.69, 9.17) is 0 Å². The molecular formula is C4H6O2Pd. The van der Waals surface area contributed by atoms with Crippen LogP contribution in [-0.4, -0.2) is 5.97 Å². The quantitative estimate of drug-likeness (QED) is 0.347. The Labute approximate surface area is 56.2 Å². The third kappa shape index (κ3) is 10.7. The largest absolute Gasteiger partial charge is 0.435 e. The standard InChI is InChI=1S/C4H6O2.Pd/c1-3-6-4(2)5;/h3H,1H2,2H3;. The first-order valence-corrected chi connectivity index (χ1v) is 1.55. The molecule has 0 amide bonds. The topological polar surface area (TPSA) is 26.3 Å². The molecule has 0 saturated heterocycles. The summed E-state index contributed by atoms with van der Waals surface area (Å²) < 4.78 is 4.17. The first-order valence-electron chi connectivity index (χ1n) is 1.55. The van der Waals surface area contributed by atoms with Gasteiger partial charge in [0.1, 0.15) is 0 Å². The molecule has 0 atom stereocenters. The van der Waals surface area contributed by atoms with Crippen LogP contribution in [0.3, 0.4) is 0 Å². The molecule has 0 saturated carbocycles. The zero-order chi connectivity index (χ0) is 4.99. The summed E-state index contributed by atoms with van der Waals surface area (Å²) >= 11 is 0. The summed E-state index contributed by atoms with van der Waals surface area (Å²) in [7, 11) is 0. The zero-order valence-corrected chi connectivity index (χ0v) is 5.47. The fraction of sp³-hybridized carbons (Fsp3) is 0.250. The van der Waals surface area contributed by atoms with E-state index in [9.17, 15) is 4.79 Å². The van der Waals surface area contributed by atoms with Gasteiger partial charge in [0.15, 0.2) is 0 Å². The Morgan fingerprint density at radius 3 is 2.29 bits per heavy atom. The molecule has 0 N–H and O–H groups in total. The van der Waals surface area contributed by atoms with E-state index >= 15 is 0 Å². The number of esters is 1. The maximum atomic E-state index is 9.75. The minimum Gasteiger partial charge on any atom is -0.435 e. The molecule has 0 aromatic rings. The predicted octanol–water partition coefficient (Wildman–Crippen LogP) is 0.690. The van der Waals surface area contributed by atoms with E-state index in [1.54, 1.807) is 0 Å². The van der Waals surface area contributed by atoms with Crippen molar-refractivity contribution in [2.45, 2.75) is 6.92 Å². The molecule has 2 nitrogen and oxygen atoms in total. The minimum atomic E-state index is -0.329. The molecule has 7 heavy (non-hydrogen) atoms. The Bertz CT molecular complexity index is 70.1. The van der Waals surface area contributed by atoms with Gasteiger partial charge in [-0.05, 0) is 0 Å². The SMILES string of the molecule is C=COC(C)=O.[Pd]. The molecule has 0 aliphatic carbocycles. The average Bonchev–Trinajstić information content (AvgIpc) is 1.35. The van der Waals surface area contributed by atoms with Crippen molar-refractivity contribution in [3.05, 3.63) is 12.8 Å². The summed E-state index contributed by atoms with van der Waals surface area (Å²) in [6, 6.07) is 0. The van der Waals surface area contributed by atoms with Crippen LogP contribution in [-0.2, 0) is 30.0 Å². The van der Waals surface area contributed by atoms with Crippen molar-refractivity contribution in [3.63, 3.8) is 0 Å². The van der Waals surface area contributed by atoms with E-state index < -0.39 is 0 Å². The van der Waals surface area contributed by atoms with E-state index in [1.807, 2.05) is 0 Å². The maximum Gasteiger partial charge on any atom is 0.307 e. The number of hydrogen-bond donors (Lipinski definition) is 0. The molecule has 0 bridgehead atoms. The molecule has 0 aromatic heterocycles. The first-order chi connectivity index (χ1) is 2.77. The van der Waals surface area contributed by atoms with Crippen molar-refractivity contribution in [1.29, 1.82) is 0 Å². The molecule has 0 rings (SSSR count). The van der Waals surface area contributed by atoms with Gasteiger partial charge in [0.2, 0.25) is 0 Å². The van der Waals surface area contributed by atoms with Crippen LogP contribution in [0.15, 0.2) is 12.8 Å². The molecule has 0 unspecified atom stereocenters. The van der Waals surface area contributed by atoms with Gasteiger partial charge < -0.3 is 4.74 Å². The molecule has 0 heterocycles. The smallest absolute Gasteiger partial charge is 0.307 e. The molecule has 0 fully saturated rings. The van der Waals surface area contributed by atoms with Gasteiger partial charge in [-0.2, -0.15) is 0 Å². The fourth-order valence-corrected chi connectivity index (χ4v) is 0.117. The second kappa shape index (κ2) is 5.87. The third-order valence-corrected chi connectivity index (χ3v) is 0.249. The molecule has 0 aromatic carbocycles. The monoisotopic (exact) mass is 192 g/mol. The van der Waals surface area contributed by atoms with Gasteiger partial charge in [-0.3, -0.25) is 4.79 Å². The molecular weight excluding hydrogens is 186 g/mol. The number of ether oxygens (including phenoxy) is 1. The summed E-state index contributed by atoms with van der Waals surface area (Å²) in [5.74, 6) is -0.329. The molecule has 0 aliphatic rings. The second-order valence-electron chi connectivity index (χ2n) is 0.776. The Morgan fingerprint density at radius 1 is 1.86 bits per heavy atom. The normalized spacial score (nSPS) is 5.86. The Hall–Kier alpha value is -0.128. The van der Waals surface area contributed by atoms with Crippen LogP contribution >= 0.6 is 0 Å². The van der Waals surface area contributed by atoms with Gasteiger partial charge in [-0.1, -0.05) is 6.58 Å². The van der Waals surface area contributed by atoms with Crippen LogP contribution in [0.4, 0.5) is 0 Å². The van der Waals surface area contributed by atoms with E-state index in [-0.39, 0.29) is 26.4 Å². The van der Waals surface area contributed by atoms with Gasteiger partial charge in [0.05, 0.1) is 6.26 Å². The van der Waals surface area contributed by atoms with E-state index in [2.05, 4.69) is 11.3 Å². The molecule has 0 radical (unpaired) electrons. The third-order valence-electron chi connectivity index (χ3n) is 0.249.